The molecule has 0 aromatic carbocycles. The molecule has 3 nitrogen and oxygen atoms in total. The molecule has 0 aliphatic heterocycles. The number of likely N-dealkylation sites (N-methyl/N-ethyl adjacent to an activating group) is 1. The standard InChI is InChI=1S/C8H19NO2/c1-4-9(5-2)7(3)8(11)6-10/h7-8,10-11H,4-6H2,1-3H3. The highest BCUT2D eigenvalue weighted by Crippen LogP contribution is 2.02. The van der Waals surface area contributed by atoms with Crippen LogP contribution in [0.2, 0.25) is 0 Å². The van der Waals surface area contributed by atoms with Crippen LogP contribution in [0.3, 0.4) is 0 Å². The Morgan fingerprint density at radius 2 is 1.73 bits per heavy atom. The van der Waals surface area contributed by atoms with Gasteiger partial charge in [0.15, 0.2) is 0 Å². The minimum atomic E-state index is -0.616. The van der Waals surface area contributed by atoms with Crippen LogP contribution in [0.1, 0.15) is 20.8 Å². The van der Waals surface area contributed by atoms with Crippen molar-refractivity contribution in [2.24, 2.45) is 0 Å². The molecular formula is C8H19NO2. The Morgan fingerprint density at radius 3 is 2.00 bits per heavy atom. The van der Waals surface area contributed by atoms with Crippen LogP contribution in [0, 0.1) is 0 Å². The highest BCUT2D eigenvalue weighted by Gasteiger charge is 2.17. The molecule has 2 atom stereocenters. The van der Waals surface area contributed by atoms with E-state index < -0.39 is 6.10 Å². The van der Waals surface area contributed by atoms with Crippen LogP contribution in [-0.4, -0.2) is 47.0 Å². The van der Waals surface area contributed by atoms with Crippen molar-refractivity contribution in [1.29, 1.82) is 0 Å². The van der Waals surface area contributed by atoms with Crippen LogP contribution in [0.5, 0.6) is 0 Å². The van der Waals surface area contributed by atoms with Gasteiger partial charge >= 0.3 is 0 Å². The number of aliphatic hydroxyl groups is 2. The largest absolute Gasteiger partial charge is 0.394 e. The fraction of sp³-hybridized carbons (Fsp3) is 1.00. The first-order valence-electron chi connectivity index (χ1n) is 4.20. The van der Waals surface area contributed by atoms with Gasteiger partial charge in [0, 0.05) is 6.04 Å². The van der Waals surface area contributed by atoms with Gasteiger partial charge in [0.25, 0.3) is 0 Å². The summed E-state index contributed by atoms with van der Waals surface area (Å²) in [6, 6.07) is 0.0509. The molecule has 2 unspecified atom stereocenters. The lowest BCUT2D eigenvalue weighted by atomic mass is 10.1. The van der Waals surface area contributed by atoms with E-state index in [1.54, 1.807) is 0 Å². The lowest BCUT2D eigenvalue weighted by Crippen LogP contribution is -2.42. The molecule has 2 N–H and O–H groups in total. The Kier molecular flexibility index (Phi) is 5.46. The predicted octanol–water partition coefficient (Wildman–Crippen LogP) is 0.0699. The van der Waals surface area contributed by atoms with E-state index in [1.807, 2.05) is 20.8 Å². The Hall–Kier alpha value is -0.120. The minimum Gasteiger partial charge on any atom is -0.394 e. The van der Waals surface area contributed by atoms with Gasteiger partial charge in [-0.1, -0.05) is 13.8 Å². The first-order chi connectivity index (χ1) is 5.17. The van der Waals surface area contributed by atoms with E-state index in [4.69, 9.17) is 5.11 Å². The van der Waals surface area contributed by atoms with Crippen LogP contribution in [0.15, 0.2) is 0 Å². The van der Waals surface area contributed by atoms with Crippen molar-refractivity contribution in [2.75, 3.05) is 19.7 Å². The van der Waals surface area contributed by atoms with Gasteiger partial charge in [-0.25, -0.2) is 0 Å². The number of aliphatic hydroxyl groups excluding tert-OH is 2. The first-order valence-corrected chi connectivity index (χ1v) is 4.20. The van der Waals surface area contributed by atoms with Crippen LogP contribution >= 0.6 is 0 Å². The van der Waals surface area contributed by atoms with Crippen LogP contribution < -0.4 is 0 Å². The molecule has 0 aliphatic rings. The average molecular weight is 161 g/mol. The van der Waals surface area contributed by atoms with E-state index in [0.717, 1.165) is 13.1 Å². The van der Waals surface area contributed by atoms with Crippen LogP contribution in [0.25, 0.3) is 0 Å². The molecule has 0 aromatic rings. The maximum absolute atomic E-state index is 9.27. The smallest absolute Gasteiger partial charge is 0.0922 e. The van der Waals surface area contributed by atoms with Gasteiger partial charge in [0.2, 0.25) is 0 Å². The number of hydrogen-bond acceptors (Lipinski definition) is 3. The van der Waals surface area contributed by atoms with Gasteiger partial charge in [-0.15, -0.1) is 0 Å². The summed E-state index contributed by atoms with van der Waals surface area (Å²) in [6.45, 7) is 7.68. The number of nitrogens with zero attached hydrogens (tertiary/aromatic N) is 1. The molecule has 0 fully saturated rings. The Labute approximate surface area is 68.6 Å². The summed E-state index contributed by atoms with van der Waals surface area (Å²) in [7, 11) is 0. The van der Waals surface area contributed by atoms with Gasteiger partial charge in [-0.2, -0.15) is 0 Å². The van der Waals surface area contributed by atoms with Crippen molar-refractivity contribution in [3.63, 3.8) is 0 Å². The van der Waals surface area contributed by atoms with Crippen molar-refractivity contribution in [1.82, 2.24) is 4.90 Å². The van der Waals surface area contributed by atoms with E-state index in [0.29, 0.717) is 0 Å². The third kappa shape index (κ3) is 3.18. The molecule has 0 saturated heterocycles. The maximum Gasteiger partial charge on any atom is 0.0922 e. The third-order valence-corrected chi connectivity index (χ3v) is 2.13. The zero-order valence-corrected chi connectivity index (χ0v) is 7.62. The molecule has 0 rings (SSSR count). The fourth-order valence-electron chi connectivity index (χ4n) is 1.20. The van der Waals surface area contributed by atoms with Crippen LogP contribution in [0.4, 0.5) is 0 Å². The number of rotatable bonds is 5. The normalized spacial score (nSPS) is 16.9. The molecule has 0 aliphatic carbocycles. The summed E-state index contributed by atoms with van der Waals surface area (Å²) in [5, 5.41) is 17.9. The molecule has 0 radical (unpaired) electrons. The fourth-order valence-corrected chi connectivity index (χ4v) is 1.20. The summed E-state index contributed by atoms with van der Waals surface area (Å²) in [5.74, 6) is 0. The highest BCUT2D eigenvalue weighted by atomic mass is 16.3. The summed E-state index contributed by atoms with van der Waals surface area (Å²) < 4.78 is 0. The zero-order chi connectivity index (χ0) is 8.85. The van der Waals surface area contributed by atoms with Gasteiger partial charge < -0.3 is 10.2 Å². The van der Waals surface area contributed by atoms with Gasteiger partial charge in [-0.05, 0) is 20.0 Å². The number of hydrogen-bond donors (Lipinski definition) is 2. The van der Waals surface area contributed by atoms with E-state index in [2.05, 4.69) is 4.90 Å². The molecule has 68 valence electrons. The zero-order valence-electron chi connectivity index (χ0n) is 7.62. The summed E-state index contributed by atoms with van der Waals surface area (Å²) in [4.78, 5) is 2.11. The van der Waals surface area contributed by atoms with Crippen molar-refractivity contribution >= 4 is 0 Å². The van der Waals surface area contributed by atoms with Gasteiger partial charge in [0.1, 0.15) is 0 Å². The second kappa shape index (κ2) is 5.52. The summed E-state index contributed by atoms with van der Waals surface area (Å²) >= 11 is 0. The topological polar surface area (TPSA) is 43.7 Å². The Balaban J connectivity index is 3.86. The second-order valence-electron chi connectivity index (χ2n) is 2.71. The quantitative estimate of drug-likeness (QED) is 0.599. The minimum absolute atomic E-state index is 0.0509. The van der Waals surface area contributed by atoms with Crippen molar-refractivity contribution < 1.29 is 10.2 Å². The monoisotopic (exact) mass is 161 g/mol. The molecular weight excluding hydrogens is 142 g/mol. The van der Waals surface area contributed by atoms with Crippen molar-refractivity contribution in [2.45, 2.75) is 32.9 Å². The Bertz CT molecular complexity index is 94.1. The SMILES string of the molecule is CCN(CC)C(C)C(O)CO. The third-order valence-electron chi connectivity index (χ3n) is 2.13. The van der Waals surface area contributed by atoms with E-state index in [1.165, 1.54) is 0 Å². The molecule has 0 heterocycles. The molecule has 0 aromatic heterocycles. The van der Waals surface area contributed by atoms with E-state index >= 15 is 0 Å². The second-order valence-corrected chi connectivity index (χ2v) is 2.71. The average Bonchev–Trinajstić information content (AvgIpc) is 2.05. The first kappa shape index (κ1) is 10.9. The Morgan fingerprint density at radius 1 is 1.27 bits per heavy atom. The maximum atomic E-state index is 9.27. The highest BCUT2D eigenvalue weighted by molar-refractivity contribution is 4.72. The molecule has 0 amide bonds. The van der Waals surface area contributed by atoms with Gasteiger partial charge in [0.05, 0.1) is 12.7 Å². The van der Waals surface area contributed by atoms with Gasteiger partial charge in [-0.3, -0.25) is 4.90 Å². The molecule has 0 spiro atoms. The predicted molar refractivity (Wildman–Crippen MR) is 45.5 cm³/mol. The molecule has 0 bridgehead atoms. The molecule has 3 heteroatoms. The van der Waals surface area contributed by atoms with E-state index in [9.17, 15) is 5.11 Å². The van der Waals surface area contributed by atoms with Crippen LogP contribution in [-0.2, 0) is 0 Å². The molecule has 11 heavy (non-hydrogen) atoms. The lowest BCUT2D eigenvalue weighted by Gasteiger charge is -2.29. The molecule has 0 saturated carbocycles. The van der Waals surface area contributed by atoms with E-state index in [-0.39, 0.29) is 12.6 Å². The van der Waals surface area contributed by atoms with Crippen molar-refractivity contribution in [3.8, 4) is 0 Å². The van der Waals surface area contributed by atoms with Crippen molar-refractivity contribution in [3.05, 3.63) is 0 Å². The lowest BCUT2D eigenvalue weighted by molar-refractivity contribution is 0.0220. The summed E-state index contributed by atoms with van der Waals surface area (Å²) in [6.07, 6.45) is -0.616. The summed E-state index contributed by atoms with van der Waals surface area (Å²) in [5.41, 5.74) is 0.